The Morgan fingerprint density at radius 2 is 1.71 bits per heavy atom. The summed E-state index contributed by atoms with van der Waals surface area (Å²) in [6.07, 6.45) is 2.24. The van der Waals surface area contributed by atoms with Gasteiger partial charge in [-0.3, -0.25) is 4.79 Å². The second kappa shape index (κ2) is 8.96. The van der Waals surface area contributed by atoms with Crippen LogP contribution in [0.15, 0.2) is 72.9 Å². The number of rotatable bonds is 7. The predicted octanol–water partition coefficient (Wildman–Crippen LogP) is 5.65. The molecule has 0 saturated carbocycles. The van der Waals surface area contributed by atoms with Gasteiger partial charge in [0.1, 0.15) is 0 Å². The molecular formula is C26H26N2O3. The van der Waals surface area contributed by atoms with E-state index in [0.717, 1.165) is 33.3 Å². The molecule has 0 aliphatic carbocycles. The zero-order valence-electron chi connectivity index (χ0n) is 17.9. The molecule has 0 unspecified atom stereocenters. The van der Waals surface area contributed by atoms with Crippen molar-refractivity contribution in [1.82, 2.24) is 4.98 Å². The van der Waals surface area contributed by atoms with E-state index in [4.69, 9.17) is 9.47 Å². The maximum atomic E-state index is 13.1. The van der Waals surface area contributed by atoms with Gasteiger partial charge in [-0.05, 0) is 36.8 Å². The molecule has 0 spiro atoms. The van der Waals surface area contributed by atoms with E-state index in [1.807, 2.05) is 73.8 Å². The highest BCUT2D eigenvalue weighted by atomic mass is 16.5. The maximum absolute atomic E-state index is 13.1. The molecule has 1 aromatic heterocycles. The van der Waals surface area contributed by atoms with Gasteiger partial charge in [-0.2, -0.15) is 0 Å². The van der Waals surface area contributed by atoms with E-state index in [-0.39, 0.29) is 18.2 Å². The van der Waals surface area contributed by atoms with E-state index < -0.39 is 0 Å². The van der Waals surface area contributed by atoms with Crippen LogP contribution in [0.25, 0.3) is 10.9 Å². The quantitative estimate of drug-likeness (QED) is 0.410. The fourth-order valence-electron chi connectivity index (χ4n) is 3.99. The first kappa shape index (κ1) is 20.5. The van der Waals surface area contributed by atoms with Crippen molar-refractivity contribution in [2.45, 2.75) is 19.3 Å². The highest BCUT2D eigenvalue weighted by Crippen LogP contribution is 2.42. The van der Waals surface area contributed by atoms with Gasteiger partial charge in [-0.1, -0.05) is 48.0 Å². The SMILES string of the molecule is COc1cccc([C@@H](CC(=O)Nc2ccc(C)cc2)c2c[nH]c3ccccc23)c1OC. The molecule has 1 atom stereocenters. The molecule has 3 aromatic carbocycles. The average molecular weight is 415 g/mol. The van der Waals surface area contributed by atoms with Crippen molar-refractivity contribution < 1.29 is 14.3 Å². The molecule has 0 aliphatic heterocycles. The molecule has 1 heterocycles. The molecule has 0 aliphatic rings. The van der Waals surface area contributed by atoms with Crippen LogP contribution in [-0.4, -0.2) is 25.1 Å². The van der Waals surface area contributed by atoms with Crippen molar-refractivity contribution in [2.24, 2.45) is 0 Å². The second-order valence-corrected chi connectivity index (χ2v) is 7.54. The van der Waals surface area contributed by atoms with Gasteiger partial charge in [0.25, 0.3) is 0 Å². The van der Waals surface area contributed by atoms with E-state index >= 15 is 0 Å². The lowest BCUT2D eigenvalue weighted by Crippen LogP contribution is -2.17. The number of aromatic nitrogens is 1. The number of para-hydroxylation sites is 2. The number of fused-ring (bicyclic) bond motifs is 1. The Kier molecular flexibility index (Phi) is 5.94. The number of nitrogens with one attached hydrogen (secondary N) is 2. The first-order chi connectivity index (χ1) is 15.1. The Morgan fingerprint density at radius 1 is 0.935 bits per heavy atom. The summed E-state index contributed by atoms with van der Waals surface area (Å²) in [7, 11) is 3.24. The summed E-state index contributed by atoms with van der Waals surface area (Å²) in [4.78, 5) is 16.4. The number of ether oxygens (including phenoxy) is 2. The van der Waals surface area contributed by atoms with Gasteiger partial charge in [0.05, 0.1) is 14.2 Å². The van der Waals surface area contributed by atoms with Crippen molar-refractivity contribution in [2.75, 3.05) is 19.5 Å². The zero-order valence-corrected chi connectivity index (χ0v) is 17.9. The van der Waals surface area contributed by atoms with Crippen molar-refractivity contribution in [3.8, 4) is 11.5 Å². The Bertz CT molecular complexity index is 1190. The number of hydrogen-bond donors (Lipinski definition) is 2. The van der Waals surface area contributed by atoms with Gasteiger partial charge in [0.15, 0.2) is 11.5 Å². The number of aryl methyl sites for hydroxylation is 1. The number of H-pyrrole nitrogens is 1. The van der Waals surface area contributed by atoms with E-state index in [1.54, 1.807) is 14.2 Å². The first-order valence-electron chi connectivity index (χ1n) is 10.2. The highest BCUT2D eigenvalue weighted by molar-refractivity contribution is 5.93. The summed E-state index contributed by atoms with van der Waals surface area (Å²) < 4.78 is 11.2. The fourth-order valence-corrected chi connectivity index (χ4v) is 3.99. The normalized spacial score (nSPS) is 11.8. The van der Waals surface area contributed by atoms with Crippen LogP contribution in [0.2, 0.25) is 0 Å². The standard InChI is InChI=1S/C26H26N2O3/c1-17-11-13-18(14-12-17)28-25(29)15-21(20-8-6-10-24(30-2)26(20)31-3)22-16-27-23-9-5-4-7-19(22)23/h4-14,16,21,27H,15H2,1-3H3,(H,28,29)/t21-/m1/s1. The third-order valence-electron chi connectivity index (χ3n) is 5.53. The Labute approximate surface area is 182 Å². The van der Waals surface area contributed by atoms with Gasteiger partial charge < -0.3 is 19.8 Å². The largest absolute Gasteiger partial charge is 0.493 e. The zero-order chi connectivity index (χ0) is 21.8. The number of anilines is 1. The molecule has 4 aromatic rings. The molecule has 158 valence electrons. The average Bonchev–Trinajstić information content (AvgIpc) is 3.22. The number of carbonyl (C=O) groups excluding carboxylic acids is 1. The molecule has 5 heteroatoms. The molecule has 5 nitrogen and oxygen atoms in total. The summed E-state index contributed by atoms with van der Waals surface area (Å²) in [5.41, 5.74) is 4.91. The van der Waals surface area contributed by atoms with Gasteiger partial charge in [0, 0.05) is 40.7 Å². The molecule has 2 N–H and O–H groups in total. The van der Waals surface area contributed by atoms with Crippen LogP contribution in [0.3, 0.4) is 0 Å². The van der Waals surface area contributed by atoms with Crippen LogP contribution in [0.4, 0.5) is 5.69 Å². The van der Waals surface area contributed by atoms with Crippen LogP contribution in [0, 0.1) is 6.92 Å². The third kappa shape index (κ3) is 4.26. The van der Waals surface area contributed by atoms with E-state index in [2.05, 4.69) is 16.4 Å². The number of methoxy groups -OCH3 is 2. The minimum Gasteiger partial charge on any atom is -0.493 e. The lowest BCUT2D eigenvalue weighted by Gasteiger charge is -2.21. The van der Waals surface area contributed by atoms with Crippen molar-refractivity contribution >= 4 is 22.5 Å². The molecule has 0 bridgehead atoms. The molecule has 31 heavy (non-hydrogen) atoms. The Hall–Kier alpha value is -3.73. The van der Waals surface area contributed by atoms with E-state index in [1.165, 1.54) is 0 Å². The number of benzene rings is 3. The topological polar surface area (TPSA) is 63.3 Å². The smallest absolute Gasteiger partial charge is 0.225 e. The Morgan fingerprint density at radius 3 is 2.45 bits per heavy atom. The van der Waals surface area contributed by atoms with Crippen LogP contribution in [0.5, 0.6) is 11.5 Å². The van der Waals surface area contributed by atoms with Crippen molar-refractivity contribution in [3.63, 3.8) is 0 Å². The maximum Gasteiger partial charge on any atom is 0.225 e. The van der Waals surface area contributed by atoms with Gasteiger partial charge in [0.2, 0.25) is 5.91 Å². The lowest BCUT2D eigenvalue weighted by molar-refractivity contribution is -0.116. The van der Waals surface area contributed by atoms with Crippen LogP contribution in [-0.2, 0) is 4.79 Å². The number of aromatic amines is 1. The highest BCUT2D eigenvalue weighted by Gasteiger charge is 2.26. The number of hydrogen-bond acceptors (Lipinski definition) is 3. The van der Waals surface area contributed by atoms with E-state index in [0.29, 0.717) is 11.5 Å². The summed E-state index contributed by atoms with van der Waals surface area (Å²) in [5.74, 6) is 1.00. The fraction of sp³-hybridized carbons (Fsp3) is 0.192. The third-order valence-corrected chi connectivity index (χ3v) is 5.53. The molecular weight excluding hydrogens is 388 g/mol. The first-order valence-corrected chi connectivity index (χ1v) is 10.2. The summed E-state index contributed by atoms with van der Waals surface area (Å²) in [6.45, 7) is 2.02. The number of amides is 1. The predicted molar refractivity (Wildman–Crippen MR) is 124 cm³/mol. The molecule has 0 radical (unpaired) electrons. The van der Waals surface area contributed by atoms with Crippen LogP contribution in [0.1, 0.15) is 29.0 Å². The molecule has 0 fully saturated rings. The van der Waals surface area contributed by atoms with Crippen molar-refractivity contribution in [3.05, 3.63) is 89.6 Å². The summed E-state index contributed by atoms with van der Waals surface area (Å²) in [6, 6.07) is 21.7. The summed E-state index contributed by atoms with van der Waals surface area (Å²) in [5, 5.41) is 4.11. The minimum atomic E-state index is -0.216. The van der Waals surface area contributed by atoms with E-state index in [9.17, 15) is 4.79 Å². The molecule has 4 rings (SSSR count). The second-order valence-electron chi connectivity index (χ2n) is 7.54. The van der Waals surface area contributed by atoms with Gasteiger partial charge >= 0.3 is 0 Å². The molecule has 1 amide bonds. The lowest BCUT2D eigenvalue weighted by atomic mass is 9.87. The monoisotopic (exact) mass is 414 g/mol. The summed E-state index contributed by atoms with van der Waals surface area (Å²) >= 11 is 0. The van der Waals surface area contributed by atoms with Crippen LogP contribution >= 0.6 is 0 Å². The van der Waals surface area contributed by atoms with Gasteiger partial charge in [-0.25, -0.2) is 0 Å². The van der Waals surface area contributed by atoms with Crippen LogP contribution < -0.4 is 14.8 Å². The number of carbonyl (C=O) groups is 1. The Balaban J connectivity index is 1.75. The van der Waals surface area contributed by atoms with Gasteiger partial charge in [-0.15, -0.1) is 0 Å². The van der Waals surface area contributed by atoms with Crippen molar-refractivity contribution in [1.29, 1.82) is 0 Å². The molecule has 0 saturated heterocycles. The minimum absolute atomic E-state index is 0.0657.